The molecule has 1 atom stereocenters. The zero-order chi connectivity index (χ0) is 15.1. The highest BCUT2D eigenvalue weighted by Gasteiger charge is 2.14. The molecular weight excluding hydrogens is 262 g/mol. The largest absolute Gasteiger partial charge is 0.481 e. The van der Waals surface area contributed by atoms with Crippen molar-refractivity contribution in [3.05, 3.63) is 65.7 Å². The van der Waals surface area contributed by atoms with Crippen molar-refractivity contribution < 1.29 is 9.53 Å². The first-order valence-corrected chi connectivity index (χ1v) is 7.21. The molecule has 110 valence electrons. The fraction of sp³-hybridized carbons (Fsp3) is 0.278. The number of aryl methyl sites for hydroxylation is 1. The van der Waals surface area contributed by atoms with Crippen molar-refractivity contribution >= 4 is 5.91 Å². The fourth-order valence-electron chi connectivity index (χ4n) is 2.05. The van der Waals surface area contributed by atoms with Gasteiger partial charge in [0, 0.05) is 6.54 Å². The predicted octanol–water partition coefficient (Wildman–Crippen LogP) is 3.12. The molecule has 21 heavy (non-hydrogen) atoms. The van der Waals surface area contributed by atoms with Gasteiger partial charge in [-0.1, -0.05) is 48.5 Å². The molecule has 3 heteroatoms. The van der Waals surface area contributed by atoms with Gasteiger partial charge in [0.05, 0.1) is 0 Å². The number of amides is 1. The molecule has 0 aliphatic carbocycles. The van der Waals surface area contributed by atoms with Gasteiger partial charge < -0.3 is 10.1 Å². The molecule has 1 amide bonds. The van der Waals surface area contributed by atoms with Crippen molar-refractivity contribution in [1.29, 1.82) is 0 Å². The standard InChI is InChI=1S/C18H21NO2/c1-14-8-6-7-11-17(14)21-15(2)18(20)19-13-12-16-9-4-3-5-10-16/h3-11,15H,12-13H2,1-2H3,(H,19,20)/t15-/m0/s1. The van der Waals surface area contributed by atoms with E-state index in [-0.39, 0.29) is 5.91 Å². The van der Waals surface area contributed by atoms with E-state index >= 15 is 0 Å². The second kappa shape index (κ2) is 7.48. The van der Waals surface area contributed by atoms with Crippen LogP contribution in [-0.2, 0) is 11.2 Å². The van der Waals surface area contributed by atoms with E-state index in [1.807, 2.05) is 49.4 Å². The van der Waals surface area contributed by atoms with E-state index in [1.165, 1.54) is 5.56 Å². The summed E-state index contributed by atoms with van der Waals surface area (Å²) in [4.78, 5) is 12.0. The maximum absolute atomic E-state index is 12.0. The summed E-state index contributed by atoms with van der Waals surface area (Å²) in [5.41, 5.74) is 2.24. The summed E-state index contributed by atoms with van der Waals surface area (Å²) in [5, 5.41) is 2.91. The molecule has 0 spiro atoms. The number of carbonyl (C=O) groups is 1. The number of ether oxygens (including phenoxy) is 1. The maximum Gasteiger partial charge on any atom is 0.260 e. The number of benzene rings is 2. The number of para-hydroxylation sites is 1. The molecule has 0 bridgehead atoms. The second-order valence-corrected chi connectivity index (χ2v) is 5.05. The average molecular weight is 283 g/mol. The van der Waals surface area contributed by atoms with Gasteiger partial charge in [0.2, 0.25) is 0 Å². The van der Waals surface area contributed by atoms with Crippen LogP contribution in [0, 0.1) is 6.92 Å². The Balaban J connectivity index is 1.79. The van der Waals surface area contributed by atoms with Crippen molar-refractivity contribution in [2.45, 2.75) is 26.4 Å². The molecule has 0 aromatic heterocycles. The summed E-state index contributed by atoms with van der Waals surface area (Å²) in [6.45, 7) is 4.35. The zero-order valence-electron chi connectivity index (χ0n) is 12.5. The highest BCUT2D eigenvalue weighted by Crippen LogP contribution is 2.17. The molecule has 0 fully saturated rings. The first kappa shape index (κ1) is 15.1. The molecule has 0 aliphatic heterocycles. The number of carbonyl (C=O) groups excluding carboxylic acids is 1. The minimum atomic E-state index is -0.498. The molecule has 2 aromatic carbocycles. The Bertz CT molecular complexity index is 581. The fourth-order valence-corrected chi connectivity index (χ4v) is 2.05. The highest BCUT2D eigenvalue weighted by atomic mass is 16.5. The van der Waals surface area contributed by atoms with Gasteiger partial charge in [-0.05, 0) is 37.5 Å². The minimum Gasteiger partial charge on any atom is -0.481 e. The van der Waals surface area contributed by atoms with Crippen molar-refractivity contribution in [1.82, 2.24) is 5.32 Å². The Labute approximate surface area is 126 Å². The summed E-state index contributed by atoms with van der Waals surface area (Å²) < 4.78 is 5.70. The lowest BCUT2D eigenvalue weighted by Crippen LogP contribution is -2.37. The van der Waals surface area contributed by atoms with Crippen molar-refractivity contribution in [3.8, 4) is 5.75 Å². The van der Waals surface area contributed by atoms with Crippen LogP contribution >= 0.6 is 0 Å². The molecule has 0 aliphatic rings. The Morgan fingerprint density at radius 2 is 1.76 bits per heavy atom. The predicted molar refractivity (Wildman–Crippen MR) is 84.4 cm³/mol. The SMILES string of the molecule is Cc1ccccc1O[C@@H](C)C(=O)NCCc1ccccc1. The van der Waals surface area contributed by atoms with Crippen LogP contribution in [0.15, 0.2) is 54.6 Å². The molecular formula is C18H21NO2. The van der Waals surface area contributed by atoms with Gasteiger partial charge in [-0.2, -0.15) is 0 Å². The van der Waals surface area contributed by atoms with Crippen LogP contribution in [0.2, 0.25) is 0 Å². The molecule has 0 saturated heterocycles. The molecule has 2 rings (SSSR count). The summed E-state index contributed by atoms with van der Waals surface area (Å²) in [6, 6.07) is 17.8. The topological polar surface area (TPSA) is 38.3 Å². The molecule has 0 radical (unpaired) electrons. The van der Waals surface area contributed by atoms with Gasteiger partial charge >= 0.3 is 0 Å². The lowest BCUT2D eigenvalue weighted by Gasteiger charge is -2.16. The summed E-state index contributed by atoms with van der Waals surface area (Å²) >= 11 is 0. The van der Waals surface area contributed by atoms with Crippen LogP contribution in [-0.4, -0.2) is 18.6 Å². The van der Waals surface area contributed by atoms with E-state index in [1.54, 1.807) is 6.92 Å². The summed E-state index contributed by atoms with van der Waals surface area (Å²) in [5.74, 6) is 0.664. The van der Waals surface area contributed by atoms with E-state index in [0.717, 1.165) is 17.7 Å². The number of hydrogen-bond acceptors (Lipinski definition) is 2. The maximum atomic E-state index is 12.0. The van der Waals surface area contributed by atoms with Crippen molar-refractivity contribution in [2.24, 2.45) is 0 Å². The zero-order valence-corrected chi connectivity index (χ0v) is 12.5. The molecule has 2 aromatic rings. The van der Waals surface area contributed by atoms with E-state index in [2.05, 4.69) is 17.4 Å². The Hall–Kier alpha value is -2.29. The number of nitrogens with one attached hydrogen (secondary N) is 1. The van der Waals surface area contributed by atoms with Crippen LogP contribution < -0.4 is 10.1 Å². The van der Waals surface area contributed by atoms with Gasteiger partial charge in [-0.15, -0.1) is 0 Å². The van der Waals surface area contributed by atoms with Crippen LogP contribution in [0.4, 0.5) is 0 Å². The molecule has 0 heterocycles. The lowest BCUT2D eigenvalue weighted by molar-refractivity contribution is -0.127. The lowest BCUT2D eigenvalue weighted by atomic mass is 10.1. The van der Waals surface area contributed by atoms with Gasteiger partial charge in [-0.25, -0.2) is 0 Å². The third-order valence-corrected chi connectivity index (χ3v) is 3.32. The van der Waals surface area contributed by atoms with Crippen LogP contribution in [0.25, 0.3) is 0 Å². The second-order valence-electron chi connectivity index (χ2n) is 5.05. The first-order chi connectivity index (χ1) is 10.2. The first-order valence-electron chi connectivity index (χ1n) is 7.21. The van der Waals surface area contributed by atoms with Gasteiger partial charge in [0.1, 0.15) is 5.75 Å². The number of rotatable bonds is 6. The molecule has 0 saturated carbocycles. The third kappa shape index (κ3) is 4.63. The third-order valence-electron chi connectivity index (χ3n) is 3.32. The monoisotopic (exact) mass is 283 g/mol. The van der Waals surface area contributed by atoms with Gasteiger partial charge in [0.25, 0.3) is 5.91 Å². The van der Waals surface area contributed by atoms with Crippen LogP contribution in [0.3, 0.4) is 0 Å². The Morgan fingerprint density at radius 3 is 2.48 bits per heavy atom. The van der Waals surface area contributed by atoms with E-state index in [4.69, 9.17) is 4.74 Å². The minimum absolute atomic E-state index is 0.0887. The van der Waals surface area contributed by atoms with Crippen molar-refractivity contribution in [3.63, 3.8) is 0 Å². The number of hydrogen-bond donors (Lipinski definition) is 1. The van der Waals surface area contributed by atoms with E-state index in [0.29, 0.717) is 6.54 Å². The Kier molecular flexibility index (Phi) is 5.38. The average Bonchev–Trinajstić information content (AvgIpc) is 2.50. The van der Waals surface area contributed by atoms with Crippen molar-refractivity contribution in [2.75, 3.05) is 6.54 Å². The van der Waals surface area contributed by atoms with Crippen LogP contribution in [0.1, 0.15) is 18.1 Å². The molecule has 1 N–H and O–H groups in total. The van der Waals surface area contributed by atoms with E-state index < -0.39 is 6.10 Å². The van der Waals surface area contributed by atoms with Gasteiger partial charge in [0.15, 0.2) is 6.10 Å². The summed E-state index contributed by atoms with van der Waals surface area (Å²) in [6.07, 6.45) is 0.325. The summed E-state index contributed by atoms with van der Waals surface area (Å²) in [7, 11) is 0. The highest BCUT2D eigenvalue weighted by molar-refractivity contribution is 5.80. The quantitative estimate of drug-likeness (QED) is 0.884. The Morgan fingerprint density at radius 1 is 1.10 bits per heavy atom. The molecule has 3 nitrogen and oxygen atoms in total. The normalized spacial score (nSPS) is 11.7. The molecule has 0 unspecified atom stereocenters. The van der Waals surface area contributed by atoms with Crippen LogP contribution in [0.5, 0.6) is 5.75 Å². The smallest absolute Gasteiger partial charge is 0.260 e. The van der Waals surface area contributed by atoms with E-state index in [9.17, 15) is 4.79 Å². The van der Waals surface area contributed by atoms with Gasteiger partial charge in [-0.3, -0.25) is 4.79 Å².